The molecule has 3 aliphatic heterocycles. The SMILES string of the molecule is CCOC(=O)C1=C(c2ccccc2)N=c2sc(=Cc3ccc4c(c3)OCCO4)c(=O)n2C1c1ccc2c(c1)OCO2. The van der Waals surface area contributed by atoms with Gasteiger partial charge in [-0.1, -0.05) is 53.8 Å². The third kappa shape index (κ3) is 4.46. The zero-order chi connectivity index (χ0) is 27.9. The van der Waals surface area contributed by atoms with Crippen LogP contribution in [-0.2, 0) is 9.53 Å². The van der Waals surface area contributed by atoms with Crippen molar-refractivity contribution in [3.63, 3.8) is 0 Å². The van der Waals surface area contributed by atoms with E-state index in [1.54, 1.807) is 29.7 Å². The quantitative estimate of drug-likeness (QED) is 0.340. The fourth-order valence-corrected chi connectivity index (χ4v) is 6.14. The maximum Gasteiger partial charge on any atom is 0.338 e. The summed E-state index contributed by atoms with van der Waals surface area (Å²) >= 11 is 1.26. The molecule has 0 saturated carbocycles. The summed E-state index contributed by atoms with van der Waals surface area (Å²) < 4.78 is 30.1. The van der Waals surface area contributed by atoms with Crippen LogP contribution < -0.4 is 33.8 Å². The average molecular weight is 569 g/mol. The Morgan fingerprint density at radius 2 is 1.71 bits per heavy atom. The van der Waals surface area contributed by atoms with E-state index in [1.165, 1.54) is 11.3 Å². The van der Waals surface area contributed by atoms with E-state index in [0.29, 0.717) is 56.8 Å². The van der Waals surface area contributed by atoms with E-state index in [2.05, 4.69) is 0 Å². The normalized spacial score (nSPS) is 17.2. The summed E-state index contributed by atoms with van der Waals surface area (Å²) in [6.07, 6.45) is 1.80. The number of nitrogens with zero attached hydrogens (tertiary/aromatic N) is 2. The van der Waals surface area contributed by atoms with Gasteiger partial charge in [-0.15, -0.1) is 0 Å². The lowest BCUT2D eigenvalue weighted by atomic mass is 9.93. The average Bonchev–Trinajstić information content (AvgIpc) is 3.60. The van der Waals surface area contributed by atoms with Gasteiger partial charge in [0.1, 0.15) is 13.2 Å². The van der Waals surface area contributed by atoms with Crippen molar-refractivity contribution in [1.82, 2.24) is 4.57 Å². The molecule has 7 rings (SSSR count). The molecule has 3 aromatic carbocycles. The maximum absolute atomic E-state index is 14.1. The predicted octanol–water partition coefficient (Wildman–Crippen LogP) is 3.44. The summed E-state index contributed by atoms with van der Waals surface area (Å²) in [6, 6.07) is 19.6. The topological polar surface area (TPSA) is 97.6 Å². The van der Waals surface area contributed by atoms with Gasteiger partial charge in [0.05, 0.1) is 28.5 Å². The third-order valence-electron chi connectivity index (χ3n) is 6.95. The minimum Gasteiger partial charge on any atom is -0.486 e. The Morgan fingerprint density at radius 1 is 0.976 bits per heavy atom. The second-order valence-electron chi connectivity index (χ2n) is 9.45. The number of carbonyl (C=O) groups is 1. The summed E-state index contributed by atoms with van der Waals surface area (Å²) in [7, 11) is 0. The number of aromatic nitrogens is 1. The van der Waals surface area contributed by atoms with Gasteiger partial charge in [0.15, 0.2) is 27.8 Å². The van der Waals surface area contributed by atoms with Gasteiger partial charge in [0.2, 0.25) is 6.79 Å². The van der Waals surface area contributed by atoms with Crippen LogP contribution in [0.5, 0.6) is 23.0 Å². The van der Waals surface area contributed by atoms with E-state index >= 15 is 0 Å². The lowest BCUT2D eigenvalue weighted by Gasteiger charge is -2.26. The first-order chi connectivity index (χ1) is 20.1. The number of ether oxygens (including phenoxy) is 5. The fourth-order valence-electron chi connectivity index (χ4n) is 5.14. The molecular formula is C31H24N2O7S. The molecule has 0 fully saturated rings. The largest absolute Gasteiger partial charge is 0.486 e. The van der Waals surface area contributed by atoms with Crippen LogP contribution in [0.3, 0.4) is 0 Å². The Labute approximate surface area is 238 Å². The first kappa shape index (κ1) is 25.2. The molecule has 0 saturated heterocycles. The van der Waals surface area contributed by atoms with E-state index in [4.69, 9.17) is 28.7 Å². The molecule has 0 amide bonds. The summed E-state index contributed by atoms with van der Waals surface area (Å²) in [5.41, 5.74) is 2.65. The Bertz CT molecular complexity index is 1890. The van der Waals surface area contributed by atoms with Crippen molar-refractivity contribution in [3.8, 4) is 23.0 Å². The molecule has 206 valence electrons. The predicted molar refractivity (Wildman–Crippen MR) is 151 cm³/mol. The maximum atomic E-state index is 14.1. The van der Waals surface area contributed by atoms with Crippen molar-refractivity contribution in [2.75, 3.05) is 26.6 Å². The van der Waals surface area contributed by atoms with E-state index in [1.807, 2.05) is 54.6 Å². The van der Waals surface area contributed by atoms with Crippen LogP contribution >= 0.6 is 11.3 Å². The first-order valence-corrected chi connectivity index (χ1v) is 14.0. The number of carbonyl (C=O) groups excluding carboxylic acids is 1. The molecule has 41 heavy (non-hydrogen) atoms. The van der Waals surface area contributed by atoms with Crippen molar-refractivity contribution in [3.05, 3.63) is 109 Å². The molecule has 0 N–H and O–H groups in total. The molecule has 0 spiro atoms. The Hall–Kier alpha value is -4.83. The highest BCUT2D eigenvalue weighted by Crippen LogP contribution is 2.40. The van der Waals surface area contributed by atoms with Crippen molar-refractivity contribution < 1.29 is 28.5 Å². The fraction of sp³-hybridized carbons (Fsp3) is 0.194. The van der Waals surface area contributed by atoms with Gasteiger partial charge in [-0.3, -0.25) is 9.36 Å². The van der Waals surface area contributed by atoms with Crippen molar-refractivity contribution >= 4 is 29.1 Å². The summed E-state index contributed by atoms with van der Waals surface area (Å²) in [6.45, 7) is 2.99. The van der Waals surface area contributed by atoms with Gasteiger partial charge in [-0.2, -0.15) is 0 Å². The monoisotopic (exact) mass is 568 g/mol. The second kappa shape index (κ2) is 10.3. The molecule has 0 aliphatic carbocycles. The number of hydrogen-bond donors (Lipinski definition) is 0. The minimum atomic E-state index is -0.808. The molecule has 9 nitrogen and oxygen atoms in total. The standard InChI is InChI=1S/C31H24N2O7S/c1-2-36-30(35)26-27(19-6-4-3-5-7-19)32-31-33(28(26)20-9-11-22-24(16-20)40-17-39-22)29(34)25(41-31)15-18-8-10-21-23(14-18)38-13-12-37-21/h3-11,14-16,28H,2,12-13,17H2,1H3. The zero-order valence-corrected chi connectivity index (χ0v) is 22.8. The van der Waals surface area contributed by atoms with Crippen LogP contribution in [0.1, 0.15) is 29.7 Å². The molecule has 1 unspecified atom stereocenters. The van der Waals surface area contributed by atoms with Crippen LogP contribution in [0.4, 0.5) is 0 Å². The summed E-state index contributed by atoms with van der Waals surface area (Å²) in [5, 5.41) is 0. The molecule has 3 aliphatic rings. The van der Waals surface area contributed by atoms with Crippen LogP contribution in [0.15, 0.2) is 82.1 Å². The van der Waals surface area contributed by atoms with E-state index in [-0.39, 0.29) is 24.5 Å². The minimum absolute atomic E-state index is 0.104. The van der Waals surface area contributed by atoms with Crippen LogP contribution in [0.25, 0.3) is 11.8 Å². The van der Waals surface area contributed by atoms with Gasteiger partial charge >= 0.3 is 5.97 Å². The number of thiazole rings is 1. The van der Waals surface area contributed by atoms with Gasteiger partial charge < -0.3 is 23.7 Å². The van der Waals surface area contributed by atoms with Crippen LogP contribution in [-0.4, -0.2) is 37.1 Å². The molecule has 1 aromatic heterocycles. The Morgan fingerprint density at radius 3 is 2.54 bits per heavy atom. The van der Waals surface area contributed by atoms with Crippen LogP contribution in [0.2, 0.25) is 0 Å². The number of esters is 1. The van der Waals surface area contributed by atoms with E-state index in [0.717, 1.165) is 11.1 Å². The first-order valence-electron chi connectivity index (χ1n) is 13.2. The lowest BCUT2D eigenvalue weighted by Crippen LogP contribution is -2.40. The number of hydrogen-bond acceptors (Lipinski definition) is 9. The zero-order valence-electron chi connectivity index (χ0n) is 22.0. The van der Waals surface area contributed by atoms with Gasteiger partial charge in [-0.25, -0.2) is 9.79 Å². The highest BCUT2D eigenvalue weighted by molar-refractivity contribution is 7.07. The van der Waals surface area contributed by atoms with E-state index < -0.39 is 12.0 Å². The highest BCUT2D eigenvalue weighted by Gasteiger charge is 2.36. The smallest absolute Gasteiger partial charge is 0.338 e. The molecule has 10 heteroatoms. The third-order valence-corrected chi connectivity index (χ3v) is 7.93. The van der Waals surface area contributed by atoms with Crippen LogP contribution in [0, 0.1) is 0 Å². The second-order valence-corrected chi connectivity index (χ2v) is 10.5. The molecule has 0 bridgehead atoms. The molecule has 4 aromatic rings. The molecule has 0 radical (unpaired) electrons. The molecule has 4 heterocycles. The number of benzene rings is 3. The molecule has 1 atom stereocenters. The van der Waals surface area contributed by atoms with Crippen molar-refractivity contribution in [2.24, 2.45) is 4.99 Å². The van der Waals surface area contributed by atoms with Gasteiger partial charge in [0.25, 0.3) is 5.56 Å². The number of rotatable bonds is 5. The Balaban J connectivity index is 1.47. The van der Waals surface area contributed by atoms with Crippen molar-refractivity contribution in [1.29, 1.82) is 0 Å². The molecular weight excluding hydrogens is 544 g/mol. The summed E-state index contributed by atoms with van der Waals surface area (Å²) in [5.74, 6) is 1.90. The lowest BCUT2D eigenvalue weighted by molar-refractivity contribution is -0.138. The van der Waals surface area contributed by atoms with E-state index in [9.17, 15) is 9.59 Å². The Kier molecular flexibility index (Phi) is 6.31. The van der Waals surface area contributed by atoms with Gasteiger partial charge in [-0.05, 0) is 48.4 Å². The van der Waals surface area contributed by atoms with Gasteiger partial charge in [0, 0.05) is 5.56 Å². The van der Waals surface area contributed by atoms with Crippen molar-refractivity contribution in [2.45, 2.75) is 13.0 Å². The number of fused-ring (bicyclic) bond motifs is 3. The summed E-state index contributed by atoms with van der Waals surface area (Å²) in [4.78, 5) is 33.0. The highest BCUT2D eigenvalue weighted by atomic mass is 32.1.